The molecule has 0 saturated heterocycles. The number of carbonyl (C=O) groups excluding carboxylic acids is 1. The van der Waals surface area contributed by atoms with Crippen molar-refractivity contribution in [2.75, 3.05) is 0 Å². The molecule has 0 fully saturated rings. The van der Waals surface area contributed by atoms with Gasteiger partial charge in [-0.2, -0.15) is 0 Å². The highest BCUT2D eigenvalue weighted by atomic mass is 35.5. The van der Waals surface area contributed by atoms with E-state index < -0.39 is 5.82 Å². The molecule has 19 heavy (non-hydrogen) atoms. The van der Waals surface area contributed by atoms with E-state index in [0.29, 0.717) is 5.56 Å². The molecule has 1 nitrogen and oxygen atoms in total. The minimum absolute atomic E-state index is 0.0466. The third-order valence-electron chi connectivity index (χ3n) is 2.90. The summed E-state index contributed by atoms with van der Waals surface area (Å²) in [7, 11) is 0. The van der Waals surface area contributed by atoms with E-state index in [1.165, 1.54) is 23.5 Å². The molecule has 3 rings (SSSR count). The van der Waals surface area contributed by atoms with Crippen LogP contribution in [0.5, 0.6) is 0 Å². The van der Waals surface area contributed by atoms with Crippen LogP contribution in [0.25, 0.3) is 10.1 Å². The van der Waals surface area contributed by atoms with Gasteiger partial charge < -0.3 is 0 Å². The number of ketones is 1. The molecule has 1 aromatic heterocycles. The number of halogens is 2. The van der Waals surface area contributed by atoms with Crippen molar-refractivity contribution in [3.63, 3.8) is 0 Å². The zero-order valence-electron chi connectivity index (χ0n) is 9.69. The second-order valence-corrected chi connectivity index (χ2v) is 5.45. The van der Waals surface area contributed by atoms with E-state index in [1.807, 2.05) is 17.5 Å². The molecule has 0 aliphatic rings. The Bertz CT molecular complexity index is 779. The summed E-state index contributed by atoms with van der Waals surface area (Å²) >= 11 is 7.17. The van der Waals surface area contributed by atoms with Crippen LogP contribution in [0.15, 0.2) is 47.8 Å². The lowest BCUT2D eigenvalue weighted by Crippen LogP contribution is -2.04. The van der Waals surface area contributed by atoms with Crippen molar-refractivity contribution < 1.29 is 9.18 Å². The maximum atomic E-state index is 13.8. The lowest BCUT2D eigenvalue weighted by molar-refractivity contribution is 0.103. The minimum atomic E-state index is -0.592. The lowest BCUT2D eigenvalue weighted by Gasteiger charge is -2.04. The molecule has 1 heterocycles. The average molecular weight is 291 g/mol. The summed E-state index contributed by atoms with van der Waals surface area (Å²) in [6.07, 6.45) is 0. The second-order valence-electron chi connectivity index (χ2n) is 4.10. The molecule has 0 aliphatic carbocycles. The van der Waals surface area contributed by atoms with Gasteiger partial charge in [0.15, 0.2) is 5.78 Å². The Balaban J connectivity index is 2.16. The molecule has 0 bridgehead atoms. The summed E-state index contributed by atoms with van der Waals surface area (Å²) < 4.78 is 14.7. The summed E-state index contributed by atoms with van der Waals surface area (Å²) in [5.74, 6) is -0.909. The maximum absolute atomic E-state index is 13.8. The van der Waals surface area contributed by atoms with Crippen LogP contribution in [0.2, 0.25) is 5.02 Å². The molecule has 0 atom stereocenters. The Morgan fingerprint density at radius 2 is 1.95 bits per heavy atom. The van der Waals surface area contributed by atoms with Crippen LogP contribution in [-0.2, 0) is 0 Å². The first-order chi connectivity index (χ1) is 9.16. The van der Waals surface area contributed by atoms with E-state index in [4.69, 9.17) is 11.6 Å². The van der Waals surface area contributed by atoms with Crippen molar-refractivity contribution in [1.29, 1.82) is 0 Å². The largest absolute Gasteiger partial charge is 0.288 e. The van der Waals surface area contributed by atoms with Gasteiger partial charge in [-0.25, -0.2) is 4.39 Å². The molecule has 4 heteroatoms. The van der Waals surface area contributed by atoms with Crippen LogP contribution in [-0.4, -0.2) is 5.78 Å². The third kappa shape index (κ3) is 2.15. The van der Waals surface area contributed by atoms with E-state index in [-0.39, 0.29) is 16.4 Å². The lowest BCUT2D eigenvalue weighted by atomic mass is 10.0. The highest BCUT2D eigenvalue weighted by Crippen LogP contribution is 2.27. The van der Waals surface area contributed by atoms with Crippen molar-refractivity contribution in [1.82, 2.24) is 0 Å². The molecule has 94 valence electrons. The van der Waals surface area contributed by atoms with Crippen LogP contribution >= 0.6 is 22.9 Å². The number of rotatable bonds is 2. The smallest absolute Gasteiger partial charge is 0.197 e. The van der Waals surface area contributed by atoms with E-state index in [0.717, 1.165) is 16.2 Å². The maximum Gasteiger partial charge on any atom is 0.197 e. The van der Waals surface area contributed by atoms with Gasteiger partial charge in [0.05, 0.1) is 5.56 Å². The molecule has 0 saturated carbocycles. The normalized spacial score (nSPS) is 10.8. The van der Waals surface area contributed by atoms with Crippen LogP contribution in [0.4, 0.5) is 4.39 Å². The van der Waals surface area contributed by atoms with Gasteiger partial charge in [0.25, 0.3) is 0 Å². The minimum Gasteiger partial charge on any atom is -0.288 e. The predicted octanol–water partition coefficient (Wildman–Crippen LogP) is 4.92. The Labute approximate surface area is 118 Å². The second kappa shape index (κ2) is 4.76. The van der Waals surface area contributed by atoms with Crippen molar-refractivity contribution in [3.8, 4) is 0 Å². The zero-order chi connectivity index (χ0) is 13.4. The third-order valence-corrected chi connectivity index (χ3v) is 4.10. The van der Waals surface area contributed by atoms with Crippen molar-refractivity contribution in [2.45, 2.75) is 0 Å². The Morgan fingerprint density at radius 3 is 2.74 bits per heavy atom. The van der Waals surface area contributed by atoms with Gasteiger partial charge in [-0.15, -0.1) is 11.3 Å². The topological polar surface area (TPSA) is 17.1 Å². The fourth-order valence-corrected chi connectivity index (χ4v) is 3.06. The number of benzene rings is 2. The standard InChI is InChI=1S/C15H8ClFOS/c16-10-4-5-11(13(17)8-10)14(18)12-3-1-2-9-6-7-19-15(9)12/h1-8H. The Kier molecular flexibility index (Phi) is 3.09. The summed E-state index contributed by atoms with van der Waals surface area (Å²) in [5, 5.41) is 3.19. The predicted molar refractivity (Wildman–Crippen MR) is 76.7 cm³/mol. The Morgan fingerprint density at radius 1 is 1.11 bits per heavy atom. The van der Waals surface area contributed by atoms with Crippen LogP contribution < -0.4 is 0 Å². The van der Waals surface area contributed by atoms with Gasteiger partial charge in [0, 0.05) is 15.3 Å². The first kappa shape index (κ1) is 12.3. The van der Waals surface area contributed by atoms with Gasteiger partial charge in [-0.1, -0.05) is 23.7 Å². The summed E-state index contributed by atoms with van der Waals surface area (Å²) in [4.78, 5) is 12.4. The van der Waals surface area contributed by atoms with Gasteiger partial charge in [0.2, 0.25) is 0 Å². The van der Waals surface area contributed by atoms with Crippen LogP contribution in [0.3, 0.4) is 0 Å². The highest BCUT2D eigenvalue weighted by Gasteiger charge is 2.17. The quantitative estimate of drug-likeness (QED) is 0.612. The van der Waals surface area contributed by atoms with Gasteiger partial charge >= 0.3 is 0 Å². The number of thiophene rings is 1. The summed E-state index contributed by atoms with van der Waals surface area (Å²) in [6, 6.07) is 11.5. The molecular weight excluding hydrogens is 283 g/mol. The van der Waals surface area contributed by atoms with Crippen LogP contribution in [0, 0.1) is 5.82 Å². The van der Waals surface area contributed by atoms with Gasteiger partial charge in [-0.3, -0.25) is 4.79 Å². The molecule has 0 spiro atoms. The molecule has 3 aromatic rings. The highest BCUT2D eigenvalue weighted by molar-refractivity contribution is 7.17. The Hall–Kier alpha value is -1.71. The van der Waals surface area contributed by atoms with Crippen molar-refractivity contribution in [3.05, 3.63) is 69.8 Å². The van der Waals surface area contributed by atoms with E-state index in [2.05, 4.69) is 0 Å². The van der Waals surface area contributed by atoms with E-state index in [9.17, 15) is 9.18 Å². The summed E-state index contributed by atoms with van der Waals surface area (Å²) in [6.45, 7) is 0. The monoisotopic (exact) mass is 290 g/mol. The fraction of sp³-hybridized carbons (Fsp3) is 0. The number of carbonyl (C=O) groups is 1. The van der Waals surface area contributed by atoms with Crippen molar-refractivity contribution >= 4 is 38.8 Å². The first-order valence-corrected chi connectivity index (χ1v) is 6.88. The number of fused-ring (bicyclic) bond motifs is 1. The molecule has 0 N–H and O–H groups in total. The first-order valence-electron chi connectivity index (χ1n) is 5.63. The van der Waals surface area contributed by atoms with Gasteiger partial charge in [0.1, 0.15) is 5.82 Å². The molecule has 0 aliphatic heterocycles. The molecule has 0 unspecified atom stereocenters. The van der Waals surface area contributed by atoms with E-state index >= 15 is 0 Å². The SMILES string of the molecule is O=C(c1ccc(Cl)cc1F)c1cccc2ccsc12. The average Bonchev–Trinajstić information content (AvgIpc) is 2.86. The molecule has 0 radical (unpaired) electrons. The van der Waals surface area contributed by atoms with Gasteiger partial charge in [-0.05, 0) is 41.1 Å². The van der Waals surface area contributed by atoms with Crippen molar-refractivity contribution in [2.24, 2.45) is 0 Å². The fourth-order valence-electron chi connectivity index (χ4n) is 1.99. The number of hydrogen-bond donors (Lipinski definition) is 0. The number of hydrogen-bond acceptors (Lipinski definition) is 2. The molecule has 2 aromatic carbocycles. The molecular formula is C15H8ClFOS. The molecule has 0 amide bonds. The van der Waals surface area contributed by atoms with E-state index in [1.54, 1.807) is 12.1 Å². The van der Waals surface area contributed by atoms with Crippen LogP contribution in [0.1, 0.15) is 15.9 Å². The summed E-state index contributed by atoms with van der Waals surface area (Å²) in [5.41, 5.74) is 0.569. The zero-order valence-corrected chi connectivity index (χ0v) is 11.3.